The Morgan fingerprint density at radius 3 is 2.43 bits per heavy atom. The molecule has 7 nitrogen and oxygen atoms in total. The monoisotopic (exact) mass is 480 g/mol. The quantitative estimate of drug-likeness (QED) is 0.459. The van der Waals surface area contributed by atoms with Crippen LogP contribution in [0, 0.1) is 11.3 Å². The van der Waals surface area contributed by atoms with Gasteiger partial charge in [-0.3, -0.25) is 15.1 Å². The van der Waals surface area contributed by atoms with E-state index in [1.807, 2.05) is 63.1 Å². The number of aromatic nitrogens is 1. The minimum Gasteiger partial charge on any atom is -0.456 e. The van der Waals surface area contributed by atoms with Gasteiger partial charge in [0.05, 0.1) is 0 Å². The van der Waals surface area contributed by atoms with Crippen molar-refractivity contribution in [2.45, 2.75) is 78.0 Å². The predicted molar refractivity (Wildman–Crippen MR) is 139 cm³/mol. The lowest BCUT2D eigenvalue weighted by Gasteiger charge is -2.38. The molecule has 2 heterocycles. The Bertz CT molecular complexity index is 1070. The first-order valence-electron chi connectivity index (χ1n) is 13.0. The van der Waals surface area contributed by atoms with Crippen molar-refractivity contribution in [2.24, 2.45) is 5.92 Å². The van der Waals surface area contributed by atoms with Crippen LogP contribution in [0.2, 0.25) is 0 Å². The number of fused-ring (bicyclic) bond motifs is 1. The first-order chi connectivity index (χ1) is 16.6. The molecule has 0 spiro atoms. The zero-order chi connectivity index (χ0) is 25.2. The summed E-state index contributed by atoms with van der Waals surface area (Å²) in [7, 11) is 0. The molecule has 1 aliphatic carbocycles. The molecule has 1 unspecified atom stereocenters. The van der Waals surface area contributed by atoms with Crippen LogP contribution in [-0.2, 0) is 16.1 Å². The highest BCUT2D eigenvalue weighted by Gasteiger charge is 2.28. The number of piperazine rings is 1. The highest BCUT2D eigenvalue weighted by molar-refractivity contribution is 6.35. The number of esters is 1. The molecular formula is C28H40N4O3. The van der Waals surface area contributed by atoms with Crippen molar-refractivity contribution in [3.8, 4) is 0 Å². The summed E-state index contributed by atoms with van der Waals surface area (Å²) in [4.78, 5) is 29.9. The van der Waals surface area contributed by atoms with Gasteiger partial charge >= 0.3 is 5.97 Å². The average molecular weight is 481 g/mol. The van der Waals surface area contributed by atoms with Gasteiger partial charge in [-0.25, -0.2) is 4.79 Å². The van der Waals surface area contributed by atoms with E-state index < -0.39 is 11.6 Å². The molecule has 1 aliphatic heterocycles. The van der Waals surface area contributed by atoms with Crippen LogP contribution in [0.1, 0.15) is 70.2 Å². The fraction of sp³-hybridized carbons (Fsp3) is 0.607. The van der Waals surface area contributed by atoms with E-state index in [0.29, 0.717) is 13.0 Å². The number of amides is 1. The highest BCUT2D eigenvalue weighted by Crippen LogP contribution is 2.25. The predicted octanol–water partition coefficient (Wildman–Crippen LogP) is 4.73. The molecule has 4 rings (SSSR count). The second-order valence-corrected chi connectivity index (χ2v) is 11.3. The number of rotatable bonds is 7. The standard InChI is InChI=1S/C28H40N4O3/c1-20(17-24(29)27(34)35-28(2,3)4)19-32-12-11-21-18-22(9-10-25(21)32)26(33)31-15-13-30(14-16-31)23-7-5-6-8-23/h9-12,18,20,23,29H,5-8,13-17,19H2,1-4H3. The van der Waals surface area contributed by atoms with Crippen LogP contribution in [-0.4, -0.2) is 69.8 Å². The lowest BCUT2D eigenvalue weighted by molar-refractivity contribution is -0.146. The number of hydrogen-bond donors (Lipinski definition) is 1. The first kappa shape index (κ1) is 25.4. The molecule has 2 aliphatic rings. The molecule has 1 aromatic carbocycles. The maximum atomic E-state index is 13.2. The third-order valence-electron chi connectivity index (χ3n) is 7.17. The first-order valence-corrected chi connectivity index (χ1v) is 13.0. The topological polar surface area (TPSA) is 78.6 Å². The maximum Gasteiger partial charge on any atom is 0.352 e. The van der Waals surface area contributed by atoms with Crippen LogP contribution in [0.4, 0.5) is 0 Å². The van der Waals surface area contributed by atoms with Crippen molar-refractivity contribution in [1.82, 2.24) is 14.4 Å². The third-order valence-corrected chi connectivity index (χ3v) is 7.17. The van der Waals surface area contributed by atoms with Crippen LogP contribution in [0.5, 0.6) is 0 Å². The Kier molecular flexibility index (Phi) is 7.64. The van der Waals surface area contributed by atoms with E-state index in [4.69, 9.17) is 10.1 Å². The Balaban J connectivity index is 1.34. The fourth-order valence-electron chi connectivity index (χ4n) is 5.41. The largest absolute Gasteiger partial charge is 0.456 e. The molecule has 1 saturated carbocycles. The van der Waals surface area contributed by atoms with Crippen LogP contribution in [0.15, 0.2) is 30.5 Å². The lowest BCUT2D eigenvalue weighted by Crippen LogP contribution is -2.51. The molecular weight excluding hydrogens is 440 g/mol. The smallest absolute Gasteiger partial charge is 0.352 e. The zero-order valence-electron chi connectivity index (χ0n) is 21.7. The van der Waals surface area contributed by atoms with Crippen molar-refractivity contribution in [2.75, 3.05) is 26.2 Å². The normalized spacial score (nSPS) is 18.7. The second kappa shape index (κ2) is 10.5. The van der Waals surface area contributed by atoms with E-state index in [1.54, 1.807) is 0 Å². The Hall–Kier alpha value is -2.67. The molecule has 1 amide bonds. The van der Waals surface area contributed by atoms with E-state index in [0.717, 1.165) is 48.7 Å². The molecule has 190 valence electrons. The Morgan fingerprint density at radius 1 is 1.09 bits per heavy atom. The van der Waals surface area contributed by atoms with Crippen molar-refractivity contribution >= 4 is 28.5 Å². The average Bonchev–Trinajstić information content (AvgIpc) is 3.48. The van der Waals surface area contributed by atoms with Crippen LogP contribution in [0.25, 0.3) is 10.9 Å². The van der Waals surface area contributed by atoms with E-state index in [1.165, 1.54) is 25.7 Å². The molecule has 35 heavy (non-hydrogen) atoms. The molecule has 1 N–H and O–H groups in total. The van der Waals surface area contributed by atoms with Crippen molar-refractivity contribution < 1.29 is 14.3 Å². The number of benzene rings is 1. The summed E-state index contributed by atoms with van der Waals surface area (Å²) in [5.74, 6) is -0.332. The third kappa shape index (κ3) is 6.31. The van der Waals surface area contributed by atoms with Gasteiger partial charge in [-0.15, -0.1) is 0 Å². The highest BCUT2D eigenvalue weighted by atomic mass is 16.6. The molecule has 1 atom stereocenters. The van der Waals surface area contributed by atoms with Gasteiger partial charge in [0.15, 0.2) is 0 Å². The molecule has 7 heteroatoms. The number of nitrogens with zero attached hydrogens (tertiary/aromatic N) is 3. The van der Waals surface area contributed by atoms with Crippen LogP contribution < -0.4 is 0 Å². The lowest BCUT2D eigenvalue weighted by atomic mass is 10.0. The summed E-state index contributed by atoms with van der Waals surface area (Å²) in [5.41, 5.74) is 1.21. The van der Waals surface area contributed by atoms with Gasteiger partial charge < -0.3 is 14.2 Å². The van der Waals surface area contributed by atoms with Crippen molar-refractivity contribution in [3.63, 3.8) is 0 Å². The van der Waals surface area contributed by atoms with Gasteiger partial charge in [0.25, 0.3) is 5.91 Å². The van der Waals surface area contributed by atoms with Crippen molar-refractivity contribution in [3.05, 3.63) is 36.0 Å². The van der Waals surface area contributed by atoms with Gasteiger partial charge in [-0.1, -0.05) is 19.8 Å². The number of carbonyl (C=O) groups is 2. The summed E-state index contributed by atoms with van der Waals surface area (Å²) < 4.78 is 7.45. The molecule has 1 aromatic heterocycles. The molecule has 1 saturated heterocycles. The van der Waals surface area contributed by atoms with Gasteiger partial charge in [0.1, 0.15) is 11.3 Å². The fourth-order valence-corrected chi connectivity index (χ4v) is 5.41. The molecule has 0 radical (unpaired) electrons. The zero-order valence-corrected chi connectivity index (χ0v) is 21.7. The summed E-state index contributed by atoms with van der Waals surface area (Å²) in [6.45, 7) is 11.7. The maximum absolute atomic E-state index is 13.2. The van der Waals surface area contributed by atoms with Gasteiger partial charge in [-0.2, -0.15) is 0 Å². The Morgan fingerprint density at radius 2 is 1.77 bits per heavy atom. The minimum absolute atomic E-state index is 0.00444. The summed E-state index contributed by atoms with van der Waals surface area (Å²) in [6.07, 6.45) is 7.68. The summed E-state index contributed by atoms with van der Waals surface area (Å²) in [6, 6.07) is 8.70. The van der Waals surface area contributed by atoms with E-state index in [-0.39, 0.29) is 17.5 Å². The van der Waals surface area contributed by atoms with Gasteiger partial charge in [0.2, 0.25) is 0 Å². The number of ether oxygens (including phenoxy) is 1. The van der Waals surface area contributed by atoms with E-state index in [9.17, 15) is 9.59 Å². The molecule has 0 bridgehead atoms. The van der Waals surface area contributed by atoms with Crippen LogP contribution in [0.3, 0.4) is 0 Å². The van der Waals surface area contributed by atoms with Crippen LogP contribution >= 0.6 is 0 Å². The number of nitrogens with one attached hydrogen (secondary N) is 1. The SMILES string of the molecule is CC(CC(=N)C(=O)OC(C)(C)C)Cn1ccc2cc(C(=O)N3CCN(C4CCCC4)CC3)ccc21. The van der Waals surface area contributed by atoms with Crippen molar-refractivity contribution in [1.29, 1.82) is 5.41 Å². The number of carbonyl (C=O) groups excluding carboxylic acids is 2. The molecule has 2 fully saturated rings. The summed E-state index contributed by atoms with van der Waals surface area (Å²) in [5, 5.41) is 9.14. The minimum atomic E-state index is -0.595. The number of hydrogen-bond acceptors (Lipinski definition) is 5. The molecule has 2 aromatic rings. The second-order valence-electron chi connectivity index (χ2n) is 11.3. The van der Waals surface area contributed by atoms with Gasteiger partial charge in [0, 0.05) is 67.8 Å². The van der Waals surface area contributed by atoms with E-state index >= 15 is 0 Å². The Labute approximate surface area is 208 Å². The van der Waals surface area contributed by atoms with Gasteiger partial charge in [-0.05, 0) is 63.8 Å². The van der Waals surface area contributed by atoms with E-state index in [2.05, 4.69) is 9.47 Å². The summed E-state index contributed by atoms with van der Waals surface area (Å²) >= 11 is 0.